The molecule has 2 aromatic rings. The summed E-state index contributed by atoms with van der Waals surface area (Å²) < 4.78 is 12.4. The maximum atomic E-state index is 11.2. The summed E-state index contributed by atoms with van der Waals surface area (Å²) in [5, 5.41) is 11.2. The molecule has 26 heavy (non-hydrogen) atoms. The first kappa shape index (κ1) is 18.4. The average Bonchev–Trinajstić information content (AvgIpc) is 2.81. The zero-order valence-corrected chi connectivity index (χ0v) is 15.4. The lowest BCUT2D eigenvalue weighted by molar-refractivity contribution is -0.384. The van der Waals surface area contributed by atoms with E-state index in [-0.39, 0.29) is 5.69 Å². The maximum absolute atomic E-state index is 11.2. The molecule has 3 rings (SSSR count). The van der Waals surface area contributed by atoms with Gasteiger partial charge < -0.3 is 9.31 Å². The van der Waals surface area contributed by atoms with E-state index in [1.165, 1.54) is 6.07 Å². The van der Waals surface area contributed by atoms with Crippen molar-refractivity contribution in [3.8, 4) is 0 Å². The molecule has 1 fully saturated rings. The second-order valence-electron chi connectivity index (χ2n) is 7.41. The van der Waals surface area contributed by atoms with Crippen LogP contribution in [0.25, 0.3) is 11.5 Å². The van der Waals surface area contributed by atoms with Crippen molar-refractivity contribution in [2.24, 2.45) is 0 Å². The smallest absolute Gasteiger partial charge is 0.399 e. The van der Waals surface area contributed by atoms with Crippen LogP contribution in [0.5, 0.6) is 0 Å². The van der Waals surface area contributed by atoms with Crippen LogP contribution in [0, 0.1) is 10.1 Å². The molecule has 0 aliphatic carbocycles. The van der Waals surface area contributed by atoms with Crippen LogP contribution >= 0.6 is 0 Å². The highest BCUT2D eigenvalue weighted by molar-refractivity contribution is 6.70. The van der Waals surface area contributed by atoms with E-state index < -0.39 is 23.2 Å². The van der Waals surface area contributed by atoms with Gasteiger partial charge in [-0.1, -0.05) is 48.5 Å². The highest BCUT2D eigenvalue weighted by Crippen LogP contribution is 2.41. The third kappa shape index (κ3) is 3.57. The van der Waals surface area contributed by atoms with E-state index in [1.807, 2.05) is 70.2 Å². The molecule has 1 saturated heterocycles. The number of hydrogen-bond donors (Lipinski definition) is 0. The summed E-state index contributed by atoms with van der Waals surface area (Å²) in [6.45, 7) is 7.95. The van der Waals surface area contributed by atoms with Crippen LogP contribution in [0.4, 0.5) is 5.69 Å². The largest absolute Gasteiger partial charge is 0.495 e. The van der Waals surface area contributed by atoms with Gasteiger partial charge in [-0.2, -0.15) is 0 Å². The minimum Gasteiger partial charge on any atom is -0.399 e. The van der Waals surface area contributed by atoms with Crippen LogP contribution in [-0.2, 0) is 9.31 Å². The van der Waals surface area contributed by atoms with E-state index in [9.17, 15) is 10.1 Å². The van der Waals surface area contributed by atoms with Gasteiger partial charge in [0, 0.05) is 12.1 Å². The Kier molecular flexibility index (Phi) is 4.73. The van der Waals surface area contributed by atoms with Gasteiger partial charge in [0.2, 0.25) is 0 Å². The average molecular weight is 351 g/mol. The lowest BCUT2D eigenvalue weighted by atomic mass is 9.73. The highest BCUT2D eigenvalue weighted by Gasteiger charge is 2.52. The second kappa shape index (κ2) is 6.70. The monoisotopic (exact) mass is 351 g/mol. The molecule has 2 aromatic carbocycles. The number of non-ortho nitro benzene ring substituents is 1. The van der Waals surface area contributed by atoms with Crippen LogP contribution in [0.1, 0.15) is 38.8 Å². The molecule has 0 spiro atoms. The maximum Gasteiger partial charge on any atom is 0.495 e. The predicted molar refractivity (Wildman–Crippen MR) is 103 cm³/mol. The van der Waals surface area contributed by atoms with E-state index in [0.29, 0.717) is 5.56 Å². The molecule has 0 atom stereocenters. The molecular formula is C20H22BNO4. The SMILES string of the molecule is CC1(C)OB(/C(=C\c2ccccc2)c2cccc([N+](=O)[O-])c2)OC1(C)C. The van der Waals surface area contributed by atoms with Crippen molar-refractivity contribution in [3.05, 3.63) is 75.8 Å². The number of rotatable bonds is 4. The van der Waals surface area contributed by atoms with Crippen LogP contribution in [0.3, 0.4) is 0 Å². The molecule has 1 aliphatic rings. The van der Waals surface area contributed by atoms with Crippen LogP contribution in [0.2, 0.25) is 0 Å². The molecule has 0 N–H and O–H groups in total. The van der Waals surface area contributed by atoms with E-state index in [4.69, 9.17) is 9.31 Å². The van der Waals surface area contributed by atoms with Crippen molar-refractivity contribution in [3.63, 3.8) is 0 Å². The summed E-state index contributed by atoms with van der Waals surface area (Å²) in [7, 11) is -0.609. The van der Waals surface area contributed by atoms with Gasteiger partial charge in [-0.25, -0.2) is 0 Å². The molecule has 1 heterocycles. The van der Waals surface area contributed by atoms with E-state index in [2.05, 4.69) is 0 Å². The molecule has 0 aromatic heterocycles. The number of nitrogens with zero attached hydrogens (tertiary/aromatic N) is 1. The van der Waals surface area contributed by atoms with Gasteiger partial charge in [0.05, 0.1) is 16.1 Å². The first-order valence-electron chi connectivity index (χ1n) is 8.57. The molecule has 0 radical (unpaired) electrons. The van der Waals surface area contributed by atoms with Crippen molar-refractivity contribution in [2.75, 3.05) is 0 Å². The minimum absolute atomic E-state index is 0.0398. The van der Waals surface area contributed by atoms with Gasteiger partial charge in [-0.15, -0.1) is 0 Å². The molecule has 0 saturated carbocycles. The number of nitro groups is 1. The number of hydrogen-bond acceptors (Lipinski definition) is 4. The van der Waals surface area contributed by atoms with Crippen LogP contribution in [-0.4, -0.2) is 23.2 Å². The van der Waals surface area contributed by atoms with Gasteiger partial charge in [0.1, 0.15) is 0 Å². The normalized spacial score (nSPS) is 18.8. The Morgan fingerprint density at radius 2 is 1.62 bits per heavy atom. The third-order valence-corrected chi connectivity index (χ3v) is 5.02. The summed E-state index contributed by atoms with van der Waals surface area (Å²) in [5.74, 6) is 0. The zero-order valence-electron chi connectivity index (χ0n) is 15.4. The van der Waals surface area contributed by atoms with Crippen molar-refractivity contribution in [1.82, 2.24) is 0 Å². The Morgan fingerprint density at radius 3 is 2.19 bits per heavy atom. The lowest BCUT2D eigenvalue weighted by Gasteiger charge is -2.32. The van der Waals surface area contributed by atoms with Gasteiger partial charge >= 0.3 is 7.12 Å². The van der Waals surface area contributed by atoms with E-state index in [1.54, 1.807) is 12.1 Å². The third-order valence-electron chi connectivity index (χ3n) is 5.02. The summed E-state index contributed by atoms with van der Waals surface area (Å²) in [5.41, 5.74) is 1.50. The molecule has 0 unspecified atom stereocenters. The number of nitro benzene ring substituents is 1. The predicted octanol–water partition coefficient (Wildman–Crippen LogP) is 4.77. The molecule has 6 heteroatoms. The number of benzene rings is 2. The fraction of sp³-hybridized carbons (Fsp3) is 0.300. The van der Waals surface area contributed by atoms with Crippen molar-refractivity contribution in [2.45, 2.75) is 38.9 Å². The molecular weight excluding hydrogens is 329 g/mol. The first-order chi connectivity index (χ1) is 12.2. The molecule has 0 amide bonds. The van der Waals surface area contributed by atoms with Crippen molar-refractivity contribution in [1.29, 1.82) is 0 Å². The zero-order chi connectivity index (χ0) is 18.9. The molecule has 1 aliphatic heterocycles. The van der Waals surface area contributed by atoms with Crippen LogP contribution < -0.4 is 0 Å². The van der Waals surface area contributed by atoms with E-state index >= 15 is 0 Å². The summed E-state index contributed by atoms with van der Waals surface area (Å²) in [6.07, 6.45) is 1.96. The van der Waals surface area contributed by atoms with Crippen LogP contribution in [0.15, 0.2) is 54.6 Å². The van der Waals surface area contributed by atoms with Gasteiger partial charge in [0.25, 0.3) is 5.69 Å². The first-order valence-corrected chi connectivity index (χ1v) is 8.57. The molecule has 0 bridgehead atoms. The Labute approximate surface area is 153 Å². The van der Waals surface area contributed by atoms with Gasteiger partial charge in [-0.05, 0) is 44.3 Å². The fourth-order valence-corrected chi connectivity index (χ4v) is 2.79. The van der Waals surface area contributed by atoms with Gasteiger partial charge in [-0.3, -0.25) is 10.1 Å². The Balaban J connectivity index is 2.08. The van der Waals surface area contributed by atoms with Gasteiger partial charge in [0.15, 0.2) is 0 Å². The highest BCUT2D eigenvalue weighted by atomic mass is 16.7. The summed E-state index contributed by atoms with van der Waals surface area (Å²) >= 11 is 0. The lowest BCUT2D eigenvalue weighted by Crippen LogP contribution is -2.41. The Bertz CT molecular complexity index is 830. The second-order valence-corrected chi connectivity index (χ2v) is 7.41. The topological polar surface area (TPSA) is 61.6 Å². The van der Waals surface area contributed by atoms with Crippen molar-refractivity contribution < 1.29 is 14.2 Å². The summed E-state index contributed by atoms with van der Waals surface area (Å²) in [6, 6.07) is 16.3. The Morgan fingerprint density at radius 1 is 1.00 bits per heavy atom. The van der Waals surface area contributed by atoms with E-state index in [0.717, 1.165) is 11.0 Å². The fourth-order valence-electron chi connectivity index (χ4n) is 2.79. The quantitative estimate of drug-likeness (QED) is 0.345. The minimum atomic E-state index is -0.609. The Hall–Kier alpha value is -2.44. The molecule has 5 nitrogen and oxygen atoms in total. The summed E-state index contributed by atoms with van der Waals surface area (Å²) in [4.78, 5) is 10.8. The van der Waals surface area contributed by atoms with Crippen molar-refractivity contribution >= 4 is 24.4 Å². The standard InChI is InChI=1S/C20H22BNO4/c1-19(2)20(3,4)26-21(25-19)18(13-15-9-6-5-7-10-15)16-11-8-12-17(14-16)22(23)24/h5-14H,1-4H3/b18-13-. The molecule has 134 valence electrons.